The second-order valence-corrected chi connectivity index (χ2v) is 5.31. The zero-order valence-corrected chi connectivity index (χ0v) is 10.6. The highest BCUT2D eigenvalue weighted by Gasteiger charge is 2.49. The molecule has 13 heavy (non-hydrogen) atoms. The zero-order chi connectivity index (χ0) is 9.57. The normalized spacial score (nSPS) is 26.1. The maximum Gasteiger partial charge on any atom is 0.448 e. The lowest BCUT2D eigenvalue weighted by Gasteiger charge is -2.44. The molecule has 1 heterocycles. The summed E-state index contributed by atoms with van der Waals surface area (Å²) in [6, 6.07) is 0. The highest BCUT2D eigenvalue weighted by atomic mass is 79.9. The SMILES string of the molecule is Br.C[N+]1(C)CC[N+](C)(C)[BH-]1C(O)O. The number of likely N-dealkylation sites (N-methyl/N-ethyl adjacent to an activating group) is 2. The van der Waals surface area contributed by atoms with Crippen LogP contribution < -0.4 is 0 Å². The van der Waals surface area contributed by atoms with Gasteiger partial charge in [0.1, 0.15) is 6.19 Å². The average molecular weight is 256 g/mol. The summed E-state index contributed by atoms with van der Waals surface area (Å²) in [6.45, 7) is 1.06. The molecule has 0 aliphatic carbocycles. The number of quaternary nitrogens is 2. The van der Waals surface area contributed by atoms with Gasteiger partial charge in [0.25, 0.3) is 0 Å². The summed E-state index contributed by atoms with van der Waals surface area (Å²) in [6.07, 6.45) is -1.14. The van der Waals surface area contributed by atoms with Crippen LogP contribution in [0, 0.1) is 0 Å². The monoisotopic (exact) mass is 255 g/mol. The van der Waals surface area contributed by atoms with Crippen molar-refractivity contribution in [2.24, 2.45) is 0 Å². The Morgan fingerprint density at radius 3 is 1.46 bits per heavy atom. The first kappa shape index (κ1) is 13.4. The van der Waals surface area contributed by atoms with Gasteiger partial charge in [-0.3, -0.25) is 0 Å². The van der Waals surface area contributed by atoms with Crippen molar-refractivity contribution in [3.8, 4) is 0 Å². The number of halogens is 1. The summed E-state index contributed by atoms with van der Waals surface area (Å²) in [5.74, 6) is 0. The molecule has 0 atom stereocenters. The smallest absolute Gasteiger partial charge is 0.448 e. The molecule has 0 aromatic rings. The van der Waals surface area contributed by atoms with Gasteiger partial charge >= 0.3 is 6.98 Å². The van der Waals surface area contributed by atoms with Crippen molar-refractivity contribution in [2.45, 2.75) is 6.19 Å². The molecule has 0 saturated carbocycles. The molecule has 1 fully saturated rings. The molecule has 80 valence electrons. The van der Waals surface area contributed by atoms with Crippen LogP contribution in [0.1, 0.15) is 0 Å². The summed E-state index contributed by atoms with van der Waals surface area (Å²) in [4.78, 5) is 0. The Kier molecular flexibility index (Phi) is 3.98. The van der Waals surface area contributed by atoms with Crippen molar-refractivity contribution < 1.29 is 19.0 Å². The second kappa shape index (κ2) is 3.86. The molecule has 0 unspecified atom stereocenters. The first-order valence-corrected chi connectivity index (χ1v) is 4.48. The van der Waals surface area contributed by atoms with Gasteiger partial charge in [0.15, 0.2) is 0 Å². The highest BCUT2D eigenvalue weighted by molar-refractivity contribution is 8.93. The fourth-order valence-corrected chi connectivity index (χ4v) is 2.79. The minimum absolute atomic E-state index is 0. The maximum atomic E-state index is 9.28. The molecule has 0 bridgehead atoms. The second-order valence-electron chi connectivity index (χ2n) is 5.31. The molecular weight excluding hydrogens is 235 g/mol. The first-order chi connectivity index (χ1) is 5.27. The number of aliphatic hydroxyl groups excluding tert-OH is 1. The van der Waals surface area contributed by atoms with Crippen molar-refractivity contribution in [3.63, 3.8) is 0 Å². The molecule has 0 aromatic heterocycles. The van der Waals surface area contributed by atoms with Crippen LogP contribution in [-0.4, -0.2) is 73.5 Å². The van der Waals surface area contributed by atoms with Gasteiger partial charge in [-0.05, 0) is 0 Å². The van der Waals surface area contributed by atoms with Crippen LogP contribution >= 0.6 is 17.0 Å². The fourth-order valence-electron chi connectivity index (χ4n) is 2.79. The van der Waals surface area contributed by atoms with E-state index in [1.807, 2.05) is 0 Å². The van der Waals surface area contributed by atoms with Crippen LogP contribution in [-0.2, 0) is 0 Å². The van der Waals surface area contributed by atoms with Crippen LogP contribution in [0.25, 0.3) is 0 Å². The predicted molar refractivity (Wildman–Crippen MR) is 59.6 cm³/mol. The summed E-state index contributed by atoms with van der Waals surface area (Å²) >= 11 is 0. The van der Waals surface area contributed by atoms with Crippen LogP contribution in [0.3, 0.4) is 0 Å². The highest BCUT2D eigenvalue weighted by Crippen LogP contribution is 2.22. The van der Waals surface area contributed by atoms with E-state index in [1.54, 1.807) is 0 Å². The van der Waals surface area contributed by atoms with Gasteiger partial charge < -0.3 is 19.0 Å². The summed E-state index contributed by atoms with van der Waals surface area (Å²) < 4.78 is 1.54. The van der Waals surface area contributed by atoms with Gasteiger partial charge in [0.2, 0.25) is 0 Å². The van der Waals surface area contributed by atoms with Crippen molar-refractivity contribution in [2.75, 3.05) is 41.3 Å². The van der Waals surface area contributed by atoms with Crippen molar-refractivity contribution in [3.05, 3.63) is 0 Å². The number of aliphatic hydroxyl groups is 2. The van der Waals surface area contributed by atoms with Gasteiger partial charge in [-0.1, -0.05) is 0 Å². The van der Waals surface area contributed by atoms with E-state index in [2.05, 4.69) is 28.2 Å². The molecule has 0 radical (unpaired) electrons. The largest absolute Gasteiger partial charge is 0.460 e. The van der Waals surface area contributed by atoms with E-state index in [4.69, 9.17) is 0 Å². The Bertz CT molecular complexity index is 171. The molecule has 6 heteroatoms. The van der Waals surface area contributed by atoms with E-state index in [-0.39, 0.29) is 17.0 Å². The number of rotatable bonds is 1. The molecule has 0 aromatic carbocycles. The lowest BCUT2D eigenvalue weighted by Crippen LogP contribution is -2.65. The first-order valence-electron chi connectivity index (χ1n) is 4.48. The van der Waals surface area contributed by atoms with Gasteiger partial charge in [0, 0.05) is 28.2 Å². The Labute approximate surface area is 90.8 Å². The van der Waals surface area contributed by atoms with E-state index in [9.17, 15) is 10.2 Å². The summed E-state index contributed by atoms with van der Waals surface area (Å²) in [5, 5.41) is 18.6. The van der Waals surface area contributed by atoms with Gasteiger partial charge in [-0.25, -0.2) is 0 Å². The molecule has 2 N–H and O–H groups in total. The molecule has 4 nitrogen and oxygen atoms in total. The lowest BCUT2D eigenvalue weighted by molar-refractivity contribution is -0.838. The van der Waals surface area contributed by atoms with E-state index < -0.39 is 13.2 Å². The minimum atomic E-state index is -1.14. The average Bonchev–Trinajstić information content (AvgIpc) is 2.01. The molecule has 1 rings (SSSR count). The summed E-state index contributed by atoms with van der Waals surface area (Å²) in [5.41, 5.74) is 0. The fraction of sp³-hybridized carbons (Fsp3) is 1.00. The van der Waals surface area contributed by atoms with Crippen LogP contribution in [0.15, 0.2) is 0 Å². The maximum absolute atomic E-state index is 9.28. The standard InChI is InChI=1S/C7H20BN2O2.BrH/c1-9(2)5-6-10(3,4)8(9)7(11)12;/h7-8,11-12H,5-6H2,1-4H3;1H/q+1;. The minimum Gasteiger partial charge on any atom is -0.460 e. The van der Waals surface area contributed by atoms with Crippen molar-refractivity contribution >= 4 is 24.0 Å². The molecule has 0 spiro atoms. The third kappa shape index (κ3) is 2.44. The number of nitrogens with zero attached hydrogens (tertiary/aromatic N) is 2. The van der Waals surface area contributed by atoms with Crippen LogP contribution in [0.4, 0.5) is 0 Å². The van der Waals surface area contributed by atoms with Crippen molar-refractivity contribution in [1.29, 1.82) is 0 Å². The van der Waals surface area contributed by atoms with Crippen LogP contribution in [0.5, 0.6) is 0 Å². The summed E-state index contributed by atoms with van der Waals surface area (Å²) in [7, 11) is 8.30. The predicted octanol–water partition coefficient (Wildman–Crippen LogP) is -1.20. The van der Waals surface area contributed by atoms with Gasteiger partial charge in [-0.2, -0.15) is 0 Å². The lowest BCUT2D eigenvalue weighted by atomic mass is 9.68. The quantitative estimate of drug-likeness (QED) is 0.457. The third-order valence-corrected chi connectivity index (χ3v) is 3.39. The van der Waals surface area contributed by atoms with Crippen LogP contribution in [0.2, 0.25) is 0 Å². The molecule has 0 amide bonds. The number of hydrogen-bond donors (Lipinski definition) is 2. The van der Waals surface area contributed by atoms with Gasteiger partial charge in [0.05, 0.1) is 13.1 Å². The number of hydrogen-bond acceptors (Lipinski definition) is 2. The zero-order valence-electron chi connectivity index (χ0n) is 8.90. The Morgan fingerprint density at radius 1 is 1.00 bits per heavy atom. The topological polar surface area (TPSA) is 40.5 Å². The molecular formula is C7H21BBrN2O2+. The molecule has 1 saturated heterocycles. The molecule has 1 aliphatic rings. The van der Waals surface area contributed by atoms with E-state index >= 15 is 0 Å². The van der Waals surface area contributed by atoms with E-state index in [0.29, 0.717) is 0 Å². The Hall–Kier alpha value is 0.385. The van der Waals surface area contributed by atoms with Gasteiger partial charge in [-0.15, -0.1) is 17.0 Å². The Morgan fingerprint density at radius 2 is 1.31 bits per heavy atom. The van der Waals surface area contributed by atoms with Crippen molar-refractivity contribution in [1.82, 2.24) is 0 Å². The van der Waals surface area contributed by atoms with E-state index in [0.717, 1.165) is 21.9 Å². The Balaban J connectivity index is 0.00000144. The third-order valence-electron chi connectivity index (χ3n) is 3.39. The van der Waals surface area contributed by atoms with E-state index in [1.165, 1.54) is 0 Å². The molecule has 1 aliphatic heterocycles.